The predicted octanol–water partition coefficient (Wildman–Crippen LogP) is 13.7. The maximum atomic E-state index is 6.71. The third-order valence-corrected chi connectivity index (χ3v) is 11.2. The second-order valence-electron chi connectivity index (χ2n) is 17.0. The number of nitrogens with zero attached hydrogens (tertiary/aromatic N) is 4. The van der Waals surface area contributed by atoms with Gasteiger partial charge in [-0.15, -0.1) is 0 Å². The first kappa shape index (κ1) is 34.0. The van der Waals surface area contributed by atoms with Crippen molar-refractivity contribution in [1.82, 2.24) is 9.55 Å². The molecule has 1 aliphatic rings. The first-order valence-corrected chi connectivity index (χ1v) is 19.4. The molecule has 0 unspecified atom stereocenters. The Kier molecular flexibility index (Phi) is 7.59. The van der Waals surface area contributed by atoms with Gasteiger partial charge in [0.25, 0.3) is 0 Å². The lowest BCUT2D eigenvalue weighted by Crippen LogP contribution is -2.24. The number of rotatable bonds is 5. The van der Waals surface area contributed by atoms with E-state index in [1.807, 2.05) is 18.3 Å². The van der Waals surface area contributed by atoms with E-state index in [0.717, 1.165) is 67.0 Å². The van der Waals surface area contributed by atoms with Gasteiger partial charge in [0.05, 0.1) is 22.3 Å². The molecule has 4 heterocycles. The van der Waals surface area contributed by atoms with Gasteiger partial charge in [0.15, 0.2) is 5.58 Å². The summed E-state index contributed by atoms with van der Waals surface area (Å²) in [5.74, 6) is 2.33. The number of ether oxygens (including phenoxy) is 1. The number of pyridine rings is 1. The Bertz CT molecular complexity index is 2940. The van der Waals surface area contributed by atoms with Crippen molar-refractivity contribution in [3.8, 4) is 17.3 Å². The molecule has 6 aromatic carbocycles. The van der Waals surface area contributed by atoms with Crippen LogP contribution in [0.1, 0.15) is 52.7 Å². The third kappa shape index (κ3) is 5.59. The molecule has 276 valence electrons. The van der Waals surface area contributed by atoms with Crippen LogP contribution in [0.4, 0.5) is 22.7 Å². The van der Waals surface area contributed by atoms with Crippen LogP contribution in [0.15, 0.2) is 150 Å². The fourth-order valence-electron chi connectivity index (χ4n) is 8.17. The molecule has 0 atom stereocenters. The van der Waals surface area contributed by atoms with Crippen LogP contribution in [0.2, 0.25) is 0 Å². The van der Waals surface area contributed by atoms with Gasteiger partial charge >= 0.3 is 0 Å². The number of fused-ring (bicyclic) bond motifs is 8. The van der Waals surface area contributed by atoms with Crippen molar-refractivity contribution in [2.24, 2.45) is 0 Å². The van der Waals surface area contributed by atoms with Crippen molar-refractivity contribution >= 4 is 66.5 Å². The molecule has 1 aliphatic heterocycles. The Labute approximate surface area is 327 Å². The molecule has 0 bridgehead atoms. The Balaban J connectivity index is 1.05. The summed E-state index contributed by atoms with van der Waals surface area (Å²) in [6.07, 6.45) is 2.00. The van der Waals surface area contributed by atoms with Crippen LogP contribution in [0.25, 0.3) is 49.6 Å². The summed E-state index contributed by atoms with van der Waals surface area (Å²) in [4.78, 5) is 9.78. The van der Waals surface area contributed by atoms with E-state index in [-0.39, 0.29) is 10.8 Å². The average molecular weight is 733 g/mol. The van der Waals surface area contributed by atoms with Crippen molar-refractivity contribution < 1.29 is 9.15 Å². The fourth-order valence-corrected chi connectivity index (χ4v) is 8.17. The van der Waals surface area contributed by atoms with Crippen LogP contribution in [-0.2, 0) is 10.8 Å². The highest BCUT2D eigenvalue weighted by Gasteiger charge is 2.29. The molecule has 9 aromatic rings. The minimum Gasteiger partial charge on any atom is -0.457 e. The highest BCUT2D eigenvalue weighted by Crippen LogP contribution is 2.46. The number of hydrogen-bond acceptors (Lipinski definition) is 5. The zero-order valence-electron chi connectivity index (χ0n) is 32.7. The fraction of sp³-hybridized carbons (Fsp3) is 0.180. The van der Waals surface area contributed by atoms with Crippen molar-refractivity contribution in [2.45, 2.75) is 52.4 Å². The first-order valence-electron chi connectivity index (χ1n) is 19.4. The maximum absolute atomic E-state index is 6.71. The summed E-state index contributed by atoms with van der Waals surface area (Å²) in [7, 11) is 0. The van der Waals surface area contributed by atoms with Gasteiger partial charge in [-0.2, -0.15) is 0 Å². The number of aromatic nitrogens is 2. The lowest BCUT2D eigenvalue weighted by atomic mass is 9.87. The normalized spacial score (nSPS) is 13.4. The number of benzene rings is 6. The predicted molar refractivity (Wildman–Crippen MR) is 232 cm³/mol. The van der Waals surface area contributed by atoms with Crippen LogP contribution < -0.4 is 14.5 Å². The third-order valence-electron chi connectivity index (χ3n) is 11.2. The smallest absolute Gasteiger partial charge is 0.161 e. The van der Waals surface area contributed by atoms with Crippen molar-refractivity contribution in [2.75, 3.05) is 16.5 Å². The monoisotopic (exact) mass is 732 g/mol. The van der Waals surface area contributed by atoms with E-state index in [0.29, 0.717) is 6.67 Å². The molecule has 6 nitrogen and oxygen atoms in total. The van der Waals surface area contributed by atoms with Crippen molar-refractivity contribution in [1.29, 1.82) is 0 Å². The largest absolute Gasteiger partial charge is 0.457 e. The van der Waals surface area contributed by atoms with Crippen molar-refractivity contribution in [3.05, 3.63) is 157 Å². The number of furan rings is 1. The van der Waals surface area contributed by atoms with Gasteiger partial charge in [0.2, 0.25) is 0 Å². The lowest BCUT2D eigenvalue weighted by Gasteiger charge is -2.24. The molecule has 10 rings (SSSR count). The lowest BCUT2D eigenvalue weighted by molar-refractivity contribution is 0.483. The molecule has 0 fully saturated rings. The van der Waals surface area contributed by atoms with Crippen LogP contribution in [-0.4, -0.2) is 16.2 Å². The van der Waals surface area contributed by atoms with Gasteiger partial charge in [-0.05, 0) is 93.4 Å². The molecule has 0 amide bonds. The van der Waals surface area contributed by atoms with E-state index in [9.17, 15) is 0 Å². The molecule has 0 aliphatic carbocycles. The summed E-state index contributed by atoms with van der Waals surface area (Å²) in [6, 6.07) is 49.2. The van der Waals surface area contributed by atoms with Gasteiger partial charge in [-0.25, -0.2) is 4.98 Å². The van der Waals surface area contributed by atoms with Crippen LogP contribution >= 0.6 is 0 Å². The van der Waals surface area contributed by atoms with Crippen LogP contribution in [0, 0.1) is 0 Å². The second kappa shape index (κ2) is 12.5. The molecule has 0 saturated heterocycles. The standard InChI is InChI=1S/C50H44N4O2/c1-49(2,3)33-19-22-35(23-20-33)52-31-53(42-17-10-9-16-41(42)52)36-13-11-14-37(28-36)55-38-24-25-40-43(29-38)54(45-27-21-34(30-51-45)50(4,5)6)47-46-39-15-8-7-12-32(39)18-26-44(46)56-48(40)47/h7-30H,31H2,1-6H3. The molecule has 0 spiro atoms. The highest BCUT2D eigenvalue weighted by molar-refractivity contribution is 6.24. The number of para-hydroxylation sites is 2. The average Bonchev–Trinajstić information content (AvgIpc) is 3.87. The molecule has 6 heteroatoms. The molecule has 0 N–H and O–H groups in total. The second-order valence-corrected chi connectivity index (χ2v) is 17.0. The van der Waals surface area contributed by atoms with E-state index >= 15 is 0 Å². The van der Waals surface area contributed by atoms with Gasteiger partial charge in [0.1, 0.15) is 35.1 Å². The minimum atomic E-state index is -0.0131. The van der Waals surface area contributed by atoms with Gasteiger partial charge < -0.3 is 19.0 Å². The zero-order valence-corrected chi connectivity index (χ0v) is 32.7. The van der Waals surface area contributed by atoms with E-state index in [4.69, 9.17) is 14.1 Å². The maximum Gasteiger partial charge on any atom is 0.161 e. The molecule has 0 saturated carbocycles. The van der Waals surface area contributed by atoms with Gasteiger partial charge in [0, 0.05) is 35.1 Å². The summed E-state index contributed by atoms with van der Waals surface area (Å²) in [5, 5.41) is 4.40. The van der Waals surface area contributed by atoms with E-state index < -0.39 is 0 Å². The molecule has 56 heavy (non-hydrogen) atoms. The number of anilines is 4. The van der Waals surface area contributed by atoms with Crippen molar-refractivity contribution in [3.63, 3.8) is 0 Å². The molecule has 0 radical (unpaired) electrons. The zero-order chi connectivity index (χ0) is 38.3. The summed E-state index contributed by atoms with van der Waals surface area (Å²) in [6.45, 7) is 14.1. The highest BCUT2D eigenvalue weighted by atomic mass is 16.5. The molecule has 3 aromatic heterocycles. The Hall–Kier alpha value is -6.53. The van der Waals surface area contributed by atoms with Crippen LogP contribution in [0.3, 0.4) is 0 Å². The first-order chi connectivity index (χ1) is 27.0. The quantitative estimate of drug-likeness (QED) is 0.176. The SMILES string of the molecule is CC(C)(C)c1ccc(N2CN(c3cccc(Oc4ccc5c6oc7ccc8ccccc8c7c6n(-c6ccc(C(C)(C)C)cn6)c5c4)c3)c3ccccc32)cc1. The van der Waals surface area contributed by atoms with Gasteiger partial charge in [-0.3, -0.25) is 4.57 Å². The topological polar surface area (TPSA) is 46.7 Å². The molecular formula is C50H44N4O2. The van der Waals surface area contributed by atoms with E-state index in [2.05, 4.69) is 183 Å². The van der Waals surface area contributed by atoms with Gasteiger partial charge in [-0.1, -0.05) is 108 Å². The Morgan fingerprint density at radius 1 is 0.589 bits per heavy atom. The van der Waals surface area contributed by atoms with E-state index in [1.54, 1.807) is 0 Å². The number of hydrogen-bond donors (Lipinski definition) is 0. The van der Waals surface area contributed by atoms with Crippen LogP contribution in [0.5, 0.6) is 11.5 Å². The summed E-state index contributed by atoms with van der Waals surface area (Å²) < 4.78 is 15.6. The Morgan fingerprint density at radius 3 is 2.02 bits per heavy atom. The Morgan fingerprint density at radius 2 is 1.29 bits per heavy atom. The van der Waals surface area contributed by atoms with E-state index in [1.165, 1.54) is 27.9 Å². The minimum absolute atomic E-state index is 0.0131. The molecular weight excluding hydrogens is 689 g/mol. The summed E-state index contributed by atoms with van der Waals surface area (Å²) in [5.41, 5.74) is 10.9. The summed E-state index contributed by atoms with van der Waals surface area (Å²) >= 11 is 0.